The van der Waals surface area contributed by atoms with Gasteiger partial charge in [-0.05, 0) is 90.5 Å². The molecule has 338 valence electrons. The minimum absolute atomic E-state index is 0.0526. The van der Waals surface area contributed by atoms with Crippen molar-refractivity contribution < 1.29 is 26.3 Å². The molecule has 12 rings (SSSR count). The van der Waals surface area contributed by atoms with Gasteiger partial charge >= 0.3 is 12.4 Å². The number of hydrogen-bond donors (Lipinski definition) is 0. The molecule has 0 unspecified atom stereocenters. The summed E-state index contributed by atoms with van der Waals surface area (Å²) < 4.78 is 94.6. The van der Waals surface area contributed by atoms with Gasteiger partial charge in [0.1, 0.15) is 0 Å². The van der Waals surface area contributed by atoms with E-state index in [2.05, 4.69) is 0 Å². The largest absolute Gasteiger partial charge is 0.416 e. The van der Waals surface area contributed by atoms with Gasteiger partial charge in [-0.1, -0.05) is 133 Å². The second-order valence-corrected chi connectivity index (χ2v) is 17.2. The number of nitrogens with zero attached hydrogens (tertiary/aromatic N) is 4. The van der Waals surface area contributed by atoms with E-state index in [0.29, 0.717) is 33.5 Å². The standard InChI is InChI=1S/C60H36F6N4/c61-59(62,63)42-19-11-18-41(32-42)58-56(69-52-26-9-7-20-44(52)46-33-39(28-30-54(46)69)50-24-12-22-48(67-50)37-14-3-1-4-15-37)35-43(60(64,65)66)36-57(58)70-53-27-10-8-21-45(53)47-34-40(29-31-55(47)70)51-25-13-23-49(68-51)38-16-5-2-6-17-38/h1-36H. The van der Waals surface area contributed by atoms with Gasteiger partial charge in [0.15, 0.2) is 0 Å². The average molecular weight is 927 g/mol. The summed E-state index contributed by atoms with van der Waals surface area (Å²) in [5.74, 6) is 0. The Balaban J connectivity index is 1.14. The summed E-state index contributed by atoms with van der Waals surface area (Å²) in [6.45, 7) is 0. The number of pyridine rings is 2. The van der Waals surface area contributed by atoms with E-state index in [1.165, 1.54) is 12.1 Å². The predicted octanol–water partition coefficient (Wildman–Crippen LogP) is 17.0. The third-order valence-corrected chi connectivity index (χ3v) is 13.0. The third-order valence-electron chi connectivity index (χ3n) is 13.0. The lowest BCUT2D eigenvalue weighted by atomic mass is 9.96. The topological polar surface area (TPSA) is 35.6 Å². The van der Waals surface area contributed by atoms with Crippen LogP contribution in [-0.2, 0) is 12.4 Å². The SMILES string of the molecule is FC(F)(F)c1cccc(-c2c(-n3c4ccccc4c4cc(-c5cccc(-c6ccccc6)n5)ccc43)cc(C(F)(F)F)cc2-n2c3ccccc3c3cc(-c4cccc(-c5ccccc5)n4)ccc32)c1. The summed E-state index contributed by atoms with van der Waals surface area (Å²) in [5.41, 5.74) is 7.09. The van der Waals surface area contributed by atoms with E-state index in [-0.39, 0.29) is 22.5 Å². The van der Waals surface area contributed by atoms with E-state index in [4.69, 9.17) is 9.97 Å². The van der Waals surface area contributed by atoms with Gasteiger partial charge in [-0.2, -0.15) is 26.3 Å². The fourth-order valence-electron chi connectivity index (χ4n) is 9.79. The quantitative estimate of drug-likeness (QED) is 0.149. The lowest BCUT2D eigenvalue weighted by molar-refractivity contribution is -0.138. The van der Waals surface area contributed by atoms with Crippen molar-refractivity contribution in [2.24, 2.45) is 0 Å². The molecule has 4 nitrogen and oxygen atoms in total. The molecule has 0 amide bonds. The highest BCUT2D eigenvalue weighted by atomic mass is 19.4. The van der Waals surface area contributed by atoms with Crippen LogP contribution in [0.15, 0.2) is 218 Å². The normalized spacial score (nSPS) is 12.1. The second-order valence-electron chi connectivity index (χ2n) is 17.2. The summed E-state index contributed by atoms with van der Waals surface area (Å²) >= 11 is 0. The van der Waals surface area contributed by atoms with E-state index in [9.17, 15) is 13.2 Å². The molecule has 4 aromatic heterocycles. The van der Waals surface area contributed by atoms with Crippen molar-refractivity contribution in [1.82, 2.24) is 19.1 Å². The molecule has 0 fully saturated rings. The molecule has 0 spiro atoms. The minimum Gasteiger partial charge on any atom is -0.309 e. The Morgan fingerprint density at radius 2 is 0.671 bits per heavy atom. The van der Waals surface area contributed by atoms with Gasteiger partial charge in [-0.15, -0.1) is 0 Å². The van der Waals surface area contributed by atoms with Gasteiger partial charge in [-0.25, -0.2) is 9.97 Å². The molecule has 0 aliphatic heterocycles. The van der Waals surface area contributed by atoms with E-state index in [1.54, 1.807) is 21.3 Å². The lowest BCUT2D eigenvalue weighted by Crippen LogP contribution is -2.11. The van der Waals surface area contributed by atoms with Crippen molar-refractivity contribution in [1.29, 1.82) is 0 Å². The number of benzene rings is 8. The van der Waals surface area contributed by atoms with Gasteiger partial charge in [0.25, 0.3) is 0 Å². The molecule has 0 atom stereocenters. The van der Waals surface area contributed by atoms with Crippen LogP contribution in [0.4, 0.5) is 26.3 Å². The molecule has 4 heterocycles. The van der Waals surface area contributed by atoms with Crippen LogP contribution in [0.1, 0.15) is 11.1 Å². The number of fused-ring (bicyclic) bond motifs is 6. The van der Waals surface area contributed by atoms with Gasteiger partial charge in [0, 0.05) is 49.4 Å². The molecular weight excluding hydrogens is 891 g/mol. The molecule has 0 radical (unpaired) electrons. The molecule has 0 aliphatic carbocycles. The number of aromatic nitrogens is 4. The number of alkyl halides is 6. The summed E-state index contributed by atoms with van der Waals surface area (Å²) in [6, 6.07) is 64.2. The van der Waals surface area contributed by atoms with Gasteiger partial charge in [-0.3, -0.25) is 0 Å². The molecule has 0 aliphatic rings. The second kappa shape index (κ2) is 16.5. The Labute approximate surface area is 397 Å². The number of rotatable bonds is 7. The maximum absolute atomic E-state index is 15.7. The van der Waals surface area contributed by atoms with Crippen LogP contribution >= 0.6 is 0 Å². The van der Waals surface area contributed by atoms with Crippen molar-refractivity contribution in [3.05, 3.63) is 230 Å². The maximum Gasteiger partial charge on any atom is 0.416 e. The Morgan fingerprint density at radius 1 is 0.286 bits per heavy atom. The highest BCUT2D eigenvalue weighted by Gasteiger charge is 2.36. The first-order chi connectivity index (χ1) is 34.0. The predicted molar refractivity (Wildman–Crippen MR) is 268 cm³/mol. The third kappa shape index (κ3) is 7.36. The van der Waals surface area contributed by atoms with Crippen LogP contribution in [-0.4, -0.2) is 19.1 Å². The van der Waals surface area contributed by atoms with Crippen LogP contribution in [0.3, 0.4) is 0 Å². The monoisotopic (exact) mass is 926 g/mol. The zero-order valence-electron chi connectivity index (χ0n) is 36.8. The minimum atomic E-state index is -4.86. The molecule has 70 heavy (non-hydrogen) atoms. The fraction of sp³-hybridized carbons (Fsp3) is 0.0333. The zero-order chi connectivity index (χ0) is 47.7. The van der Waals surface area contributed by atoms with Gasteiger partial charge in [0.05, 0.1) is 67.3 Å². The lowest BCUT2D eigenvalue weighted by Gasteiger charge is -2.23. The van der Waals surface area contributed by atoms with Gasteiger partial charge in [0.2, 0.25) is 0 Å². The summed E-state index contributed by atoms with van der Waals surface area (Å²) in [5, 5.41) is 2.93. The average Bonchev–Trinajstić information content (AvgIpc) is 3.90. The molecule has 0 N–H and O–H groups in total. The Kier molecular flexibility index (Phi) is 10.0. The highest BCUT2D eigenvalue weighted by Crippen LogP contribution is 2.47. The molecule has 8 aromatic carbocycles. The Hall–Kier alpha value is -8.76. The van der Waals surface area contributed by atoms with E-state index in [1.807, 2.05) is 170 Å². The smallest absolute Gasteiger partial charge is 0.309 e. The highest BCUT2D eigenvalue weighted by molar-refractivity contribution is 6.13. The van der Waals surface area contributed by atoms with Gasteiger partial charge < -0.3 is 9.13 Å². The molecule has 0 bridgehead atoms. The first-order valence-electron chi connectivity index (χ1n) is 22.5. The van der Waals surface area contributed by atoms with Crippen molar-refractivity contribution >= 4 is 43.6 Å². The van der Waals surface area contributed by atoms with Crippen molar-refractivity contribution in [2.45, 2.75) is 12.4 Å². The van der Waals surface area contributed by atoms with E-state index < -0.39 is 23.5 Å². The van der Waals surface area contributed by atoms with Crippen LogP contribution in [0.5, 0.6) is 0 Å². The van der Waals surface area contributed by atoms with E-state index in [0.717, 1.165) is 79.5 Å². The van der Waals surface area contributed by atoms with Crippen LogP contribution < -0.4 is 0 Å². The Bertz CT molecular complexity index is 3760. The van der Waals surface area contributed by atoms with Crippen LogP contribution in [0.2, 0.25) is 0 Å². The number of halogens is 6. The van der Waals surface area contributed by atoms with Crippen molar-refractivity contribution in [3.8, 4) is 67.5 Å². The first kappa shape index (κ1) is 42.6. The summed E-state index contributed by atoms with van der Waals surface area (Å²) in [6.07, 6.45) is -9.61. The van der Waals surface area contributed by atoms with Crippen LogP contribution in [0, 0.1) is 0 Å². The first-order valence-corrected chi connectivity index (χ1v) is 22.5. The summed E-state index contributed by atoms with van der Waals surface area (Å²) in [7, 11) is 0. The number of hydrogen-bond acceptors (Lipinski definition) is 2. The molecule has 0 saturated heterocycles. The molecule has 12 aromatic rings. The maximum atomic E-state index is 15.7. The Morgan fingerprint density at radius 3 is 1.13 bits per heavy atom. The van der Waals surface area contributed by atoms with Crippen LogP contribution in [0.25, 0.3) is 111 Å². The van der Waals surface area contributed by atoms with Crippen molar-refractivity contribution in [3.63, 3.8) is 0 Å². The zero-order valence-corrected chi connectivity index (χ0v) is 36.8. The van der Waals surface area contributed by atoms with Crippen molar-refractivity contribution in [2.75, 3.05) is 0 Å². The molecule has 0 saturated carbocycles. The molecule has 10 heteroatoms. The molecular formula is C60H36F6N4. The summed E-state index contributed by atoms with van der Waals surface area (Å²) in [4.78, 5) is 9.97. The fourth-order valence-corrected chi connectivity index (χ4v) is 9.79. The number of para-hydroxylation sites is 2. The van der Waals surface area contributed by atoms with E-state index >= 15 is 13.2 Å².